The minimum atomic E-state index is -4.49. The monoisotopic (exact) mass is 307 g/mol. The Kier molecular flexibility index (Phi) is 3.77. The zero-order valence-electron chi connectivity index (χ0n) is 10.3. The summed E-state index contributed by atoms with van der Waals surface area (Å²) in [7, 11) is -3.21. The molecule has 1 unspecified atom stereocenters. The summed E-state index contributed by atoms with van der Waals surface area (Å²) in [5.74, 6) is -1.58. The largest absolute Gasteiger partial charge is 0.416 e. The Morgan fingerprint density at radius 1 is 1.30 bits per heavy atom. The fourth-order valence-corrected chi connectivity index (χ4v) is 3.76. The van der Waals surface area contributed by atoms with Crippen molar-refractivity contribution in [3.05, 3.63) is 29.8 Å². The summed E-state index contributed by atoms with van der Waals surface area (Å²) in [5.41, 5.74) is -0.858. The van der Waals surface area contributed by atoms with Crippen molar-refractivity contribution in [2.75, 3.05) is 16.8 Å². The molecule has 1 aromatic carbocycles. The molecule has 1 aromatic rings. The van der Waals surface area contributed by atoms with Crippen LogP contribution in [0.5, 0.6) is 0 Å². The Morgan fingerprint density at radius 2 is 2.00 bits per heavy atom. The van der Waals surface area contributed by atoms with Gasteiger partial charge in [-0.3, -0.25) is 4.79 Å². The van der Waals surface area contributed by atoms with E-state index in [-0.39, 0.29) is 23.6 Å². The quantitative estimate of drug-likeness (QED) is 0.910. The lowest BCUT2D eigenvalue weighted by Crippen LogP contribution is -2.23. The van der Waals surface area contributed by atoms with E-state index in [1.807, 2.05) is 0 Å². The van der Waals surface area contributed by atoms with E-state index in [0.717, 1.165) is 12.1 Å². The molecular weight excluding hydrogens is 295 g/mol. The van der Waals surface area contributed by atoms with Crippen LogP contribution in [-0.2, 0) is 20.8 Å². The van der Waals surface area contributed by atoms with Gasteiger partial charge >= 0.3 is 6.18 Å². The molecule has 8 heteroatoms. The van der Waals surface area contributed by atoms with Gasteiger partial charge in [-0.25, -0.2) is 8.42 Å². The number of hydrogen-bond acceptors (Lipinski definition) is 3. The molecule has 0 saturated carbocycles. The third kappa shape index (κ3) is 3.50. The first-order valence-corrected chi connectivity index (χ1v) is 7.68. The van der Waals surface area contributed by atoms with Crippen molar-refractivity contribution in [3.8, 4) is 0 Å². The molecule has 1 saturated heterocycles. The number of carbonyl (C=O) groups excluding carboxylic acids is 1. The highest BCUT2D eigenvalue weighted by atomic mass is 32.2. The number of nitrogens with one attached hydrogen (secondary N) is 1. The van der Waals surface area contributed by atoms with Crippen LogP contribution in [0.2, 0.25) is 0 Å². The smallest absolute Gasteiger partial charge is 0.326 e. The van der Waals surface area contributed by atoms with Gasteiger partial charge < -0.3 is 5.32 Å². The molecule has 20 heavy (non-hydrogen) atoms. The standard InChI is InChI=1S/C12H12F3NO3S/c13-12(14,15)9-2-1-3-10(6-9)16-11(17)8-4-5-20(18,19)7-8/h1-3,6,8H,4-5,7H2,(H,16,17). The predicted octanol–water partition coefficient (Wildman–Crippen LogP) is 2.08. The Morgan fingerprint density at radius 3 is 2.55 bits per heavy atom. The average Bonchev–Trinajstić information content (AvgIpc) is 2.69. The van der Waals surface area contributed by atoms with Crippen molar-refractivity contribution in [3.63, 3.8) is 0 Å². The predicted molar refractivity (Wildman–Crippen MR) is 66.8 cm³/mol. The second kappa shape index (κ2) is 5.08. The number of carbonyl (C=O) groups is 1. The van der Waals surface area contributed by atoms with Crippen LogP contribution in [-0.4, -0.2) is 25.8 Å². The molecule has 1 heterocycles. The van der Waals surface area contributed by atoms with E-state index in [4.69, 9.17) is 0 Å². The maximum absolute atomic E-state index is 12.5. The van der Waals surface area contributed by atoms with E-state index in [1.165, 1.54) is 12.1 Å². The topological polar surface area (TPSA) is 63.2 Å². The van der Waals surface area contributed by atoms with Crippen LogP contribution in [0.4, 0.5) is 18.9 Å². The van der Waals surface area contributed by atoms with Crippen molar-refractivity contribution >= 4 is 21.4 Å². The van der Waals surface area contributed by atoms with Crippen molar-refractivity contribution in [1.82, 2.24) is 0 Å². The van der Waals surface area contributed by atoms with Crippen LogP contribution in [0.3, 0.4) is 0 Å². The first-order chi connectivity index (χ1) is 9.17. The van der Waals surface area contributed by atoms with Crippen molar-refractivity contribution in [2.45, 2.75) is 12.6 Å². The molecule has 110 valence electrons. The highest BCUT2D eigenvalue weighted by molar-refractivity contribution is 7.91. The van der Waals surface area contributed by atoms with Gasteiger partial charge in [0.15, 0.2) is 9.84 Å². The Bertz CT molecular complexity index is 625. The number of sulfone groups is 1. The fraction of sp³-hybridized carbons (Fsp3) is 0.417. The normalized spacial score (nSPS) is 21.6. The van der Waals surface area contributed by atoms with Gasteiger partial charge in [0.25, 0.3) is 0 Å². The number of rotatable bonds is 2. The molecule has 0 aliphatic carbocycles. The minimum absolute atomic E-state index is 0.00845. The second-order valence-electron chi connectivity index (χ2n) is 4.67. The van der Waals surface area contributed by atoms with Gasteiger partial charge in [0, 0.05) is 5.69 Å². The van der Waals surface area contributed by atoms with Crippen LogP contribution in [0.1, 0.15) is 12.0 Å². The molecule has 0 bridgehead atoms. The van der Waals surface area contributed by atoms with E-state index in [2.05, 4.69) is 5.32 Å². The lowest BCUT2D eigenvalue weighted by molar-refractivity contribution is -0.137. The first-order valence-electron chi connectivity index (χ1n) is 5.86. The van der Waals surface area contributed by atoms with Gasteiger partial charge in [-0.2, -0.15) is 13.2 Å². The van der Waals surface area contributed by atoms with Crippen molar-refractivity contribution < 1.29 is 26.4 Å². The number of amides is 1. The van der Waals surface area contributed by atoms with Crippen LogP contribution < -0.4 is 5.32 Å². The van der Waals surface area contributed by atoms with E-state index in [0.29, 0.717) is 0 Å². The summed E-state index contributed by atoms with van der Waals surface area (Å²) in [6.07, 6.45) is -4.29. The van der Waals surface area contributed by atoms with E-state index >= 15 is 0 Å². The number of benzene rings is 1. The number of alkyl halides is 3. The van der Waals surface area contributed by atoms with Crippen LogP contribution in [0.15, 0.2) is 24.3 Å². The number of halogens is 3. The van der Waals surface area contributed by atoms with E-state index in [1.54, 1.807) is 0 Å². The highest BCUT2D eigenvalue weighted by Gasteiger charge is 2.34. The van der Waals surface area contributed by atoms with Crippen LogP contribution in [0.25, 0.3) is 0 Å². The molecular formula is C12H12F3NO3S. The zero-order chi connectivity index (χ0) is 15.0. The molecule has 4 nitrogen and oxygen atoms in total. The number of anilines is 1. The third-order valence-corrected chi connectivity index (χ3v) is 4.83. The SMILES string of the molecule is O=C(Nc1cccc(C(F)(F)F)c1)C1CCS(=O)(=O)C1. The zero-order valence-corrected chi connectivity index (χ0v) is 11.1. The van der Waals surface area contributed by atoms with Gasteiger partial charge in [0.05, 0.1) is 23.0 Å². The van der Waals surface area contributed by atoms with Crippen molar-refractivity contribution in [2.24, 2.45) is 5.92 Å². The average molecular weight is 307 g/mol. The van der Waals surface area contributed by atoms with Crippen LogP contribution in [0, 0.1) is 5.92 Å². The third-order valence-electron chi connectivity index (χ3n) is 3.06. The Labute approximate surface area is 113 Å². The molecule has 0 radical (unpaired) electrons. The Hall–Kier alpha value is -1.57. The summed E-state index contributed by atoms with van der Waals surface area (Å²) < 4.78 is 60.1. The molecule has 0 aromatic heterocycles. The van der Waals surface area contributed by atoms with Crippen molar-refractivity contribution in [1.29, 1.82) is 0 Å². The molecule has 1 amide bonds. The second-order valence-corrected chi connectivity index (χ2v) is 6.90. The summed E-state index contributed by atoms with van der Waals surface area (Å²) in [6, 6.07) is 4.23. The maximum atomic E-state index is 12.5. The van der Waals surface area contributed by atoms with Gasteiger partial charge in [-0.1, -0.05) is 6.07 Å². The lowest BCUT2D eigenvalue weighted by Gasteiger charge is -2.12. The van der Waals surface area contributed by atoms with E-state index in [9.17, 15) is 26.4 Å². The molecule has 1 N–H and O–H groups in total. The maximum Gasteiger partial charge on any atom is 0.416 e. The Balaban J connectivity index is 2.09. The fourth-order valence-electron chi connectivity index (χ4n) is 2.02. The summed E-state index contributed by atoms with van der Waals surface area (Å²) >= 11 is 0. The van der Waals surface area contributed by atoms with Gasteiger partial charge in [0.2, 0.25) is 5.91 Å². The van der Waals surface area contributed by atoms with Gasteiger partial charge in [-0.15, -0.1) is 0 Å². The summed E-state index contributed by atoms with van der Waals surface area (Å²) in [5, 5.41) is 2.33. The first kappa shape index (κ1) is 14.8. The molecule has 2 rings (SSSR count). The van der Waals surface area contributed by atoms with Crippen LogP contribution >= 0.6 is 0 Å². The molecule has 1 atom stereocenters. The minimum Gasteiger partial charge on any atom is -0.326 e. The molecule has 1 fully saturated rings. The summed E-state index contributed by atoms with van der Waals surface area (Å²) in [6.45, 7) is 0. The highest BCUT2D eigenvalue weighted by Crippen LogP contribution is 2.31. The molecule has 1 aliphatic rings. The lowest BCUT2D eigenvalue weighted by atomic mass is 10.1. The van der Waals surface area contributed by atoms with Gasteiger partial charge in [-0.05, 0) is 24.6 Å². The van der Waals surface area contributed by atoms with Gasteiger partial charge in [0.1, 0.15) is 0 Å². The molecule has 0 spiro atoms. The number of hydrogen-bond donors (Lipinski definition) is 1. The summed E-state index contributed by atoms with van der Waals surface area (Å²) in [4.78, 5) is 11.8. The molecule has 1 aliphatic heterocycles. The van der Waals surface area contributed by atoms with E-state index < -0.39 is 33.4 Å².